The van der Waals surface area contributed by atoms with E-state index in [1.807, 2.05) is 0 Å². The zero-order chi connectivity index (χ0) is 14.9. The molecule has 1 aliphatic rings. The van der Waals surface area contributed by atoms with E-state index in [-0.39, 0.29) is 5.43 Å². The maximum Gasteiger partial charge on any atom is 0.301 e. The molecule has 112 valence electrons. The summed E-state index contributed by atoms with van der Waals surface area (Å²) in [7, 11) is -3.63. The molecule has 0 aliphatic carbocycles. The number of aromatic amines is 1. The van der Waals surface area contributed by atoms with Crippen molar-refractivity contribution in [2.75, 3.05) is 31.0 Å². The summed E-state index contributed by atoms with van der Waals surface area (Å²) in [5, 5.41) is 0.444. The molecule has 0 amide bonds. The highest BCUT2D eigenvalue weighted by Gasteiger charge is 2.24. The third-order valence-electron chi connectivity index (χ3n) is 3.32. The smallest absolute Gasteiger partial charge is 0.301 e. The molecule has 8 heteroatoms. The van der Waals surface area contributed by atoms with Crippen LogP contribution in [0.15, 0.2) is 35.3 Å². The monoisotopic (exact) mass is 309 g/mol. The van der Waals surface area contributed by atoms with Crippen LogP contribution in [-0.2, 0) is 14.9 Å². The molecule has 0 bridgehead atoms. The zero-order valence-electron chi connectivity index (χ0n) is 11.2. The number of H-pyrrole nitrogens is 1. The van der Waals surface area contributed by atoms with Crippen molar-refractivity contribution in [1.82, 2.24) is 9.29 Å². The average molecular weight is 309 g/mol. The van der Waals surface area contributed by atoms with Crippen LogP contribution in [0.2, 0.25) is 0 Å². The van der Waals surface area contributed by atoms with Crippen molar-refractivity contribution in [1.29, 1.82) is 0 Å². The van der Waals surface area contributed by atoms with Crippen LogP contribution in [0, 0.1) is 0 Å². The van der Waals surface area contributed by atoms with Crippen LogP contribution in [0.3, 0.4) is 0 Å². The van der Waals surface area contributed by atoms with Crippen molar-refractivity contribution in [3.05, 3.63) is 40.7 Å². The molecule has 2 aromatic rings. The van der Waals surface area contributed by atoms with Crippen LogP contribution in [0.25, 0.3) is 10.9 Å². The Kier molecular flexibility index (Phi) is 3.66. The fourth-order valence-corrected chi connectivity index (χ4v) is 3.42. The molecule has 0 saturated carbocycles. The normalized spacial score (nSPS) is 17.0. The molecule has 7 nitrogen and oxygen atoms in total. The van der Waals surface area contributed by atoms with E-state index in [2.05, 4.69) is 9.71 Å². The molecule has 1 aromatic heterocycles. The van der Waals surface area contributed by atoms with Crippen molar-refractivity contribution in [2.24, 2.45) is 0 Å². The van der Waals surface area contributed by atoms with Gasteiger partial charge in [0.1, 0.15) is 0 Å². The second kappa shape index (κ2) is 5.47. The first kappa shape index (κ1) is 14.1. The summed E-state index contributed by atoms with van der Waals surface area (Å²) < 4.78 is 33.5. The lowest BCUT2D eigenvalue weighted by Gasteiger charge is -2.26. The molecule has 2 heterocycles. The Morgan fingerprint density at radius 2 is 1.95 bits per heavy atom. The summed E-state index contributed by atoms with van der Waals surface area (Å²) in [5.74, 6) is 0. The van der Waals surface area contributed by atoms with E-state index >= 15 is 0 Å². The topological polar surface area (TPSA) is 91.5 Å². The lowest BCUT2D eigenvalue weighted by molar-refractivity contribution is 0.0733. The molecule has 1 fully saturated rings. The molecule has 0 spiro atoms. The minimum absolute atomic E-state index is 0.156. The number of benzene rings is 1. The van der Waals surface area contributed by atoms with Crippen LogP contribution in [0.4, 0.5) is 5.69 Å². The van der Waals surface area contributed by atoms with Crippen molar-refractivity contribution >= 4 is 26.8 Å². The van der Waals surface area contributed by atoms with Gasteiger partial charge in [-0.2, -0.15) is 12.7 Å². The summed E-state index contributed by atoms with van der Waals surface area (Å²) in [6.45, 7) is 1.42. The Balaban J connectivity index is 1.90. The highest BCUT2D eigenvalue weighted by Crippen LogP contribution is 2.17. The third kappa shape index (κ3) is 2.92. The summed E-state index contributed by atoms with van der Waals surface area (Å²) in [5.41, 5.74) is 0.874. The number of hydrogen-bond donors (Lipinski definition) is 2. The molecule has 1 aliphatic heterocycles. The van der Waals surface area contributed by atoms with Crippen molar-refractivity contribution in [2.45, 2.75) is 0 Å². The minimum atomic E-state index is -3.63. The number of aromatic nitrogens is 1. The highest BCUT2D eigenvalue weighted by atomic mass is 32.2. The lowest BCUT2D eigenvalue weighted by atomic mass is 10.2. The van der Waals surface area contributed by atoms with E-state index in [0.717, 1.165) is 0 Å². The minimum Gasteiger partial charge on any atom is -0.379 e. The number of fused-ring (bicyclic) bond motifs is 1. The van der Waals surface area contributed by atoms with Crippen molar-refractivity contribution in [3.63, 3.8) is 0 Å². The Morgan fingerprint density at radius 1 is 1.19 bits per heavy atom. The number of pyridine rings is 1. The van der Waals surface area contributed by atoms with Crippen LogP contribution < -0.4 is 10.2 Å². The van der Waals surface area contributed by atoms with Gasteiger partial charge in [-0.15, -0.1) is 0 Å². The average Bonchev–Trinajstić information content (AvgIpc) is 2.49. The summed E-state index contributed by atoms with van der Waals surface area (Å²) >= 11 is 0. The molecule has 1 aromatic carbocycles. The zero-order valence-corrected chi connectivity index (χ0v) is 12.0. The first-order valence-electron chi connectivity index (χ1n) is 6.53. The molecule has 1 saturated heterocycles. The SMILES string of the molecule is O=c1cc[nH]c2ccc(NS(=O)(=O)N3CCOCC3)cc12. The number of morpholine rings is 1. The van der Waals surface area contributed by atoms with Crippen LogP contribution in [-0.4, -0.2) is 44.0 Å². The highest BCUT2D eigenvalue weighted by molar-refractivity contribution is 7.90. The Bertz CT molecular complexity index is 810. The van der Waals surface area contributed by atoms with E-state index in [1.165, 1.54) is 16.4 Å². The van der Waals surface area contributed by atoms with E-state index in [1.54, 1.807) is 18.3 Å². The first-order valence-corrected chi connectivity index (χ1v) is 7.97. The second-order valence-electron chi connectivity index (χ2n) is 4.72. The van der Waals surface area contributed by atoms with E-state index in [9.17, 15) is 13.2 Å². The summed E-state index contributed by atoms with van der Waals surface area (Å²) in [6.07, 6.45) is 1.56. The van der Waals surface area contributed by atoms with E-state index in [0.29, 0.717) is 42.9 Å². The van der Waals surface area contributed by atoms with Crippen LogP contribution in [0.5, 0.6) is 0 Å². The van der Waals surface area contributed by atoms with Crippen LogP contribution in [0.1, 0.15) is 0 Å². The van der Waals surface area contributed by atoms with Crippen molar-refractivity contribution < 1.29 is 13.2 Å². The first-order chi connectivity index (χ1) is 10.1. The van der Waals surface area contributed by atoms with Gasteiger partial charge in [-0.3, -0.25) is 9.52 Å². The van der Waals surface area contributed by atoms with E-state index < -0.39 is 10.2 Å². The molecular formula is C13H15N3O4S. The Morgan fingerprint density at radius 3 is 2.71 bits per heavy atom. The van der Waals surface area contributed by atoms with Gasteiger partial charge in [0.05, 0.1) is 18.9 Å². The maximum absolute atomic E-state index is 12.2. The number of hydrogen-bond acceptors (Lipinski definition) is 4. The quantitative estimate of drug-likeness (QED) is 0.864. The number of anilines is 1. The standard InChI is InChI=1S/C13H15N3O4S/c17-13-3-4-14-12-2-1-10(9-11(12)13)15-21(18,19)16-5-7-20-8-6-16/h1-4,9,15H,5-8H2,(H,14,17). The Labute approximate surface area is 121 Å². The molecule has 3 rings (SSSR count). The van der Waals surface area contributed by atoms with Gasteiger partial charge >= 0.3 is 10.2 Å². The van der Waals surface area contributed by atoms with Gasteiger partial charge in [0.25, 0.3) is 0 Å². The van der Waals surface area contributed by atoms with Crippen molar-refractivity contribution in [3.8, 4) is 0 Å². The van der Waals surface area contributed by atoms with Gasteiger partial charge in [0.2, 0.25) is 0 Å². The molecule has 0 atom stereocenters. The number of nitrogens with one attached hydrogen (secondary N) is 2. The van der Waals surface area contributed by atoms with Gasteiger partial charge in [-0.25, -0.2) is 0 Å². The van der Waals surface area contributed by atoms with Gasteiger partial charge in [-0.1, -0.05) is 0 Å². The predicted molar refractivity (Wildman–Crippen MR) is 79.5 cm³/mol. The summed E-state index contributed by atoms with van der Waals surface area (Å²) in [4.78, 5) is 14.7. The third-order valence-corrected chi connectivity index (χ3v) is 4.85. The molecule has 0 unspecified atom stereocenters. The largest absolute Gasteiger partial charge is 0.379 e. The van der Waals surface area contributed by atoms with Crippen LogP contribution >= 0.6 is 0 Å². The molecule has 2 N–H and O–H groups in total. The molecule has 21 heavy (non-hydrogen) atoms. The van der Waals surface area contributed by atoms with Gasteiger partial charge in [0, 0.05) is 36.3 Å². The van der Waals surface area contributed by atoms with E-state index in [4.69, 9.17) is 4.74 Å². The van der Waals surface area contributed by atoms with Gasteiger partial charge in [-0.05, 0) is 18.2 Å². The fraction of sp³-hybridized carbons (Fsp3) is 0.308. The second-order valence-corrected chi connectivity index (χ2v) is 6.39. The number of rotatable bonds is 3. The van der Waals surface area contributed by atoms with Gasteiger partial charge in [0.15, 0.2) is 5.43 Å². The predicted octanol–water partition coefficient (Wildman–Crippen LogP) is 0.517. The number of nitrogens with zero attached hydrogens (tertiary/aromatic N) is 1. The lowest BCUT2D eigenvalue weighted by Crippen LogP contribution is -2.43. The molecular weight excluding hydrogens is 294 g/mol. The molecule has 0 radical (unpaired) electrons. The Hall–Kier alpha value is -1.90. The maximum atomic E-state index is 12.2. The summed E-state index contributed by atoms with van der Waals surface area (Å²) in [6, 6.07) is 6.24. The number of ether oxygens (including phenoxy) is 1. The van der Waals surface area contributed by atoms with Gasteiger partial charge < -0.3 is 9.72 Å². The fourth-order valence-electron chi connectivity index (χ4n) is 2.23.